The second kappa shape index (κ2) is 7.21. The van der Waals surface area contributed by atoms with Crippen molar-refractivity contribution in [2.75, 3.05) is 18.8 Å². The van der Waals surface area contributed by atoms with Gasteiger partial charge in [0.05, 0.1) is 15.9 Å². The minimum atomic E-state index is -3.69. The van der Waals surface area contributed by atoms with Crippen LogP contribution in [-0.2, 0) is 19.9 Å². The molecule has 0 N–H and O–H groups in total. The van der Waals surface area contributed by atoms with Crippen molar-refractivity contribution in [1.29, 1.82) is 0 Å². The maximum atomic E-state index is 12.8. The van der Waals surface area contributed by atoms with Crippen LogP contribution in [0, 0.1) is 5.92 Å². The molecule has 1 saturated heterocycles. The zero-order chi connectivity index (χ0) is 17.3. The Hall–Kier alpha value is -0.440. The number of sulfonamides is 1. The van der Waals surface area contributed by atoms with Crippen LogP contribution in [0.2, 0.25) is 0 Å². The van der Waals surface area contributed by atoms with E-state index in [4.69, 9.17) is 0 Å². The zero-order valence-corrected chi connectivity index (χ0v) is 16.5. The second-order valence-corrected chi connectivity index (χ2v) is 11.4. The van der Waals surface area contributed by atoms with Gasteiger partial charge in [-0.15, -0.1) is 0 Å². The van der Waals surface area contributed by atoms with Gasteiger partial charge in [-0.1, -0.05) is 26.0 Å². The molecule has 0 aromatic heterocycles. The Kier molecular flexibility index (Phi) is 5.92. The van der Waals surface area contributed by atoms with E-state index < -0.39 is 25.1 Å². The highest BCUT2D eigenvalue weighted by Gasteiger charge is 2.36. The lowest BCUT2D eigenvalue weighted by molar-refractivity contribution is 0.345. The topological polar surface area (TPSA) is 71.5 Å². The molecule has 1 atom stereocenters. The lowest BCUT2D eigenvalue weighted by Gasteiger charge is -2.32. The highest BCUT2D eigenvalue weighted by atomic mass is 79.9. The van der Waals surface area contributed by atoms with E-state index >= 15 is 0 Å². The lowest BCUT2D eigenvalue weighted by atomic mass is 10.2. The van der Waals surface area contributed by atoms with E-state index in [-0.39, 0.29) is 23.1 Å². The molecule has 0 bridgehead atoms. The number of piperidine rings is 1. The Morgan fingerprint density at radius 1 is 1.22 bits per heavy atom. The van der Waals surface area contributed by atoms with Crippen LogP contribution in [0.1, 0.15) is 26.7 Å². The van der Waals surface area contributed by atoms with Gasteiger partial charge in [0.15, 0.2) is 9.84 Å². The first-order valence-electron chi connectivity index (χ1n) is 7.61. The quantitative estimate of drug-likeness (QED) is 0.729. The molecule has 1 heterocycles. The number of nitrogens with zero attached hydrogens (tertiary/aromatic N) is 1. The van der Waals surface area contributed by atoms with E-state index in [1.807, 2.05) is 13.8 Å². The van der Waals surface area contributed by atoms with Crippen molar-refractivity contribution in [3.8, 4) is 0 Å². The summed E-state index contributed by atoms with van der Waals surface area (Å²) in [6.07, 6.45) is 1.09. The molecular formula is C15H22BrNO4S2. The second-order valence-electron chi connectivity index (χ2n) is 6.28. The normalized spacial score (nSPS) is 20.8. The number of hydrogen-bond donors (Lipinski definition) is 0. The summed E-state index contributed by atoms with van der Waals surface area (Å²) in [7, 11) is -6.98. The van der Waals surface area contributed by atoms with Gasteiger partial charge in [0.1, 0.15) is 0 Å². The van der Waals surface area contributed by atoms with Gasteiger partial charge in [0, 0.05) is 17.6 Å². The van der Waals surface area contributed by atoms with Crippen LogP contribution in [0.4, 0.5) is 0 Å². The van der Waals surface area contributed by atoms with Crippen molar-refractivity contribution in [2.24, 2.45) is 5.92 Å². The van der Waals surface area contributed by atoms with E-state index in [0.717, 1.165) is 0 Å². The first kappa shape index (κ1) is 18.9. The fraction of sp³-hybridized carbons (Fsp3) is 0.600. The minimum absolute atomic E-state index is 0.0373. The Morgan fingerprint density at radius 3 is 2.48 bits per heavy atom. The van der Waals surface area contributed by atoms with Crippen LogP contribution in [-0.4, -0.2) is 45.2 Å². The summed E-state index contributed by atoms with van der Waals surface area (Å²) in [5.74, 6) is 0.135. The maximum Gasteiger partial charge on any atom is 0.244 e. The van der Waals surface area contributed by atoms with Crippen LogP contribution in [0.25, 0.3) is 0 Å². The molecule has 0 saturated carbocycles. The minimum Gasteiger partial charge on any atom is -0.228 e. The highest BCUT2D eigenvalue weighted by molar-refractivity contribution is 9.10. The first-order chi connectivity index (χ1) is 10.6. The summed E-state index contributed by atoms with van der Waals surface area (Å²) >= 11 is 3.26. The third-order valence-corrected chi connectivity index (χ3v) is 9.28. The van der Waals surface area contributed by atoms with Crippen LogP contribution in [0.5, 0.6) is 0 Å². The Morgan fingerprint density at radius 2 is 1.87 bits per heavy atom. The molecule has 2 rings (SSSR count). The van der Waals surface area contributed by atoms with E-state index in [1.165, 1.54) is 10.4 Å². The number of sulfone groups is 1. The van der Waals surface area contributed by atoms with Crippen molar-refractivity contribution >= 4 is 35.8 Å². The monoisotopic (exact) mass is 423 g/mol. The average Bonchev–Trinajstić information content (AvgIpc) is 2.46. The molecule has 1 aromatic rings. The van der Waals surface area contributed by atoms with Crippen molar-refractivity contribution in [3.63, 3.8) is 0 Å². The third kappa shape index (κ3) is 4.35. The molecule has 5 nitrogen and oxygen atoms in total. The first-order valence-corrected chi connectivity index (χ1v) is 11.6. The van der Waals surface area contributed by atoms with Crippen LogP contribution < -0.4 is 0 Å². The summed E-state index contributed by atoms with van der Waals surface area (Å²) in [5.41, 5.74) is 0. The van der Waals surface area contributed by atoms with E-state index in [0.29, 0.717) is 23.9 Å². The number of rotatable bonds is 5. The van der Waals surface area contributed by atoms with E-state index in [9.17, 15) is 16.8 Å². The summed E-state index contributed by atoms with van der Waals surface area (Å²) in [5, 5.41) is -0.615. The van der Waals surface area contributed by atoms with Gasteiger partial charge in [-0.3, -0.25) is 0 Å². The van der Waals surface area contributed by atoms with Gasteiger partial charge in [0.2, 0.25) is 10.0 Å². The maximum absolute atomic E-state index is 12.8. The Labute approximate surface area is 147 Å². The lowest BCUT2D eigenvalue weighted by Crippen LogP contribution is -2.46. The molecule has 1 fully saturated rings. The molecule has 130 valence electrons. The fourth-order valence-corrected chi connectivity index (χ4v) is 7.53. The smallest absolute Gasteiger partial charge is 0.228 e. The van der Waals surface area contributed by atoms with Crippen LogP contribution >= 0.6 is 15.9 Å². The summed E-state index contributed by atoms with van der Waals surface area (Å²) < 4.78 is 52.3. The molecule has 8 heteroatoms. The van der Waals surface area contributed by atoms with Gasteiger partial charge in [-0.25, -0.2) is 16.8 Å². The van der Waals surface area contributed by atoms with Gasteiger partial charge >= 0.3 is 0 Å². The number of benzene rings is 1. The molecule has 1 aliphatic rings. The number of hydrogen-bond acceptors (Lipinski definition) is 4. The van der Waals surface area contributed by atoms with Crippen molar-refractivity contribution in [3.05, 3.63) is 28.7 Å². The van der Waals surface area contributed by atoms with Crippen molar-refractivity contribution in [1.82, 2.24) is 4.31 Å². The van der Waals surface area contributed by atoms with Gasteiger partial charge in [0.25, 0.3) is 0 Å². The van der Waals surface area contributed by atoms with E-state index in [2.05, 4.69) is 15.9 Å². The fourth-order valence-electron chi connectivity index (χ4n) is 2.81. The Bertz CT molecular complexity index is 759. The zero-order valence-electron chi connectivity index (χ0n) is 13.3. The van der Waals surface area contributed by atoms with Crippen molar-refractivity contribution in [2.45, 2.75) is 36.8 Å². The molecule has 0 amide bonds. The van der Waals surface area contributed by atoms with Gasteiger partial charge < -0.3 is 0 Å². The number of halogens is 1. The predicted octanol–water partition coefficient (Wildman–Crippen LogP) is 2.67. The summed E-state index contributed by atoms with van der Waals surface area (Å²) in [6.45, 7) is 4.11. The molecule has 0 unspecified atom stereocenters. The van der Waals surface area contributed by atoms with Crippen LogP contribution in [0.15, 0.2) is 33.6 Å². The molecule has 1 aliphatic heterocycles. The predicted molar refractivity (Wildman–Crippen MR) is 94.5 cm³/mol. The highest BCUT2D eigenvalue weighted by Crippen LogP contribution is 2.28. The third-order valence-electron chi connectivity index (χ3n) is 3.87. The molecule has 0 aliphatic carbocycles. The van der Waals surface area contributed by atoms with Crippen LogP contribution in [0.3, 0.4) is 0 Å². The Balaban J connectivity index is 2.26. The largest absolute Gasteiger partial charge is 0.244 e. The molecule has 0 radical (unpaired) electrons. The molecule has 1 aromatic carbocycles. The van der Waals surface area contributed by atoms with Gasteiger partial charge in [-0.2, -0.15) is 4.31 Å². The van der Waals surface area contributed by atoms with Gasteiger partial charge in [-0.05, 0) is 46.8 Å². The molecule has 23 heavy (non-hydrogen) atoms. The molecular weight excluding hydrogens is 402 g/mol. The van der Waals surface area contributed by atoms with Crippen molar-refractivity contribution < 1.29 is 16.8 Å². The summed E-state index contributed by atoms with van der Waals surface area (Å²) in [4.78, 5) is 0.182. The SMILES string of the molecule is CC(C)CS(=O)(=O)[C@H]1CCCN(S(=O)(=O)c2ccccc2Br)C1. The standard InChI is InChI=1S/C15H22BrNO4S2/c1-12(2)11-22(18,19)13-6-5-9-17(10-13)23(20,21)15-8-4-3-7-14(15)16/h3-4,7-8,12-13H,5-6,9-11H2,1-2H3/t13-/m0/s1. The summed E-state index contributed by atoms with van der Waals surface area (Å²) in [6, 6.07) is 6.61. The average molecular weight is 424 g/mol. The molecule has 0 spiro atoms. The van der Waals surface area contributed by atoms with E-state index in [1.54, 1.807) is 18.2 Å².